The molecule has 0 radical (unpaired) electrons. The molecular formula is C21H10F3N3O3S. The predicted molar refractivity (Wildman–Crippen MR) is 111 cm³/mol. The van der Waals surface area contributed by atoms with Crippen molar-refractivity contribution in [3.8, 4) is 11.1 Å². The fourth-order valence-electron chi connectivity index (χ4n) is 3.72. The highest BCUT2D eigenvalue weighted by molar-refractivity contribution is 7.24. The zero-order valence-electron chi connectivity index (χ0n) is 15.3. The van der Waals surface area contributed by atoms with E-state index in [0.29, 0.717) is 0 Å². The standard InChI is InChI=1S/C21H10F3N3O3S/c22-9-1-2-10-11(7-9)31-20-14(21(29)30)19(28)13-17(25)15(23)12(8-3-5-26-6-4-8)16(24)18(13)27(10)20/h1-7H,25H2,(H,29,30). The van der Waals surface area contributed by atoms with Crippen molar-refractivity contribution in [1.29, 1.82) is 0 Å². The summed E-state index contributed by atoms with van der Waals surface area (Å²) in [7, 11) is 0. The molecule has 0 unspecified atom stereocenters. The van der Waals surface area contributed by atoms with Crippen molar-refractivity contribution in [2.45, 2.75) is 0 Å². The average Bonchev–Trinajstić information content (AvgIpc) is 3.09. The van der Waals surface area contributed by atoms with Crippen LogP contribution in [0.3, 0.4) is 0 Å². The molecule has 0 fully saturated rings. The second-order valence-electron chi connectivity index (χ2n) is 6.74. The highest BCUT2D eigenvalue weighted by Crippen LogP contribution is 2.39. The van der Waals surface area contributed by atoms with Crippen molar-refractivity contribution in [2.75, 3.05) is 5.73 Å². The predicted octanol–water partition coefficient (Wildman–Crippen LogP) is 4.43. The molecule has 5 aromatic rings. The van der Waals surface area contributed by atoms with Gasteiger partial charge in [-0.1, -0.05) is 0 Å². The molecule has 31 heavy (non-hydrogen) atoms. The molecule has 3 heterocycles. The average molecular weight is 441 g/mol. The van der Waals surface area contributed by atoms with E-state index in [1.807, 2.05) is 0 Å². The zero-order chi connectivity index (χ0) is 22.0. The minimum Gasteiger partial charge on any atom is -0.477 e. The third kappa shape index (κ3) is 2.55. The Bertz CT molecular complexity index is 1630. The van der Waals surface area contributed by atoms with Gasteiger partial charge in [0, 0.05) is 12.4 Å². The fourth-order valence-corrected chi connectivity index (χ4v) is 4.92. The van der Waals surface area contributed by atoms with Crippen molar-refractivity contribution in [3.63, 3.8) is 0 Å². The number of pyridine rings is 2. The molecule has 154 valence electrons. The van der Waals surface area contributed by atoms with Crippen LogP contribution in [0.5, 0.6) is 0 Å². The number of nitrogen functional groups attached to an aromatic ring is 1. The molecule has 3 aromatic heterocycles. The van der Waals surface area contributed by atoms with Gasteiger partial charge in [0.15, 0.2) is 11.6 Å². The maximum atomic E-state index is 15.8. The highest BCUT2D eigenvalue weighted by atomic mass is 32.1. The SMILES string of the molecule is Nc1c(F)c(-c2ccncc2)c(F)c2c1c(=O)c(C(=O)O)c1sc3cc(F)ccc3n12. The first-order valence-electron chi connectivity index (χ1n) is 8.81. The van der Waals surface area contributed by atoms with Crippen LogP contribution in [0.4, 0.5) is 18.9 Å². The van der Waals surface area contributed by atoms with Gasteiger partial charge in [0.2, 0.25) is 5.43 Å². The number of rotatable bonds is 2. The summed E-state index contributed by atoms with van der Waals surface area (Å²) in [5.74, 6) is -4.46. The lowest BCUT2D eigenvalue weighted by atomic mass is 9.99. The van der Waals surface area contributed by atoms with Crippen LogP contribution >= 0.6 is 11.3 Å². The Labute approximate surface area is 174 Å². The lowest BCUT2D eigenvalue weighted by molar-refractivity contribution is 0.0697. The third-order valence-corrected chi connectivity index (χ3v) is 6.16. The first-order valence-corrected chi connectivity index (χ1v) is 9.63. The summed E-state index contributed by atoms with van der Waals surface area (Å²) in [5.41, 5.74) is 2.93. The quantitative estimate of drug-likeness (QED) is 0.395. The van der Waals surface area contributed by atoms with Gasteiger partial charge >= 0.3 is 5.97 Å². The smallest absolute Gasteiger partial charge is 0.342 e. The molecule has 0 aliphatic carbocycles. The van der Waals surface area contributed by atoms with Gasteiger partial charge in [0.1, 0.15) is 16.2 Å². The van der Waals surface area contributed by atoms with Crippen LogP contribution in [-0.4, -0.2) is 20.5 Å². The van der Waals surface area contributed by atoms with E-state index in [4.69, 9.17) is 5.73 Å². The van der Waals surface area contributed by atoms with Crippen molar-refractivity contribution in [1.82, 2.24) is 9.38 Å². The topological polar surface area (TPSA) is 97.7 Å². The molecule has 5 rings (SSSR count). The van der Waals surface area contributed by atoms with E-state index < -0.39 is 51.1 Å². The van der Waals surface area contributed by atoms with Gasteiger partial charge in [-0.3, -0.25) is 14.2 Å². The summed E-state index contributed by atoms with van der Waals surface area (Å²) in [5, 5.41) is 9.06. The van der Waals surface area contributed by atoms with Crippen LogP contribution in [-0.2, 0) is 0 Å². The Kier molecular flexibility index (Phi) is 4.02. The number of hydrogen-bond acceptors (Lipinski definition) is 5. The number of halogens is 3. The summed E-state index contributed by atoms with van der Waals surface area (Å²) < 4.78 is 46.2. The summed E-state index contributed by atoms with van der Waals surface area (Å²) in [4.78, 5) is 28.6. The monoisotopic (exact) mass is 441 g/mol. The Morgan fingerprint density at radius 3 is 2.48 bits per heavy atom. The second-order valence-corrected chi connectivity index (χ2v) is 7.77. The summed E-state index contributed by atoms with van der Waals surface area (Å²) in [6.45, 7) is 0. The molecule has 0 atom stereocenters. The van der Waals surface area contributed by atoms with Crippen LogP contribution < -0.4 is 11.2 Å². The summed E-state index contributed by atoms with van der Waals surface area (Å²) in [6, 6.07) is 6.34. The van der Waals surface area contributed by atoms with Gasteiger partial charge in [0.25, 0.3) is 0 Å². The van der Waals surface area contributed by atoms with Crippen LogP contribution in [0.1, 0.15) is 10.4 Å². The Balaban J connectivity index is 2.14. The Morgan fingerprint density at radius 1 is 1.10 bits per heavy atom. The number of nitrogens with zero attached hydrogens (tertiary/aromatic N) is 2. The maximum Gasteiger partial charge on any atom is 0.342 e. The van der Waals surface area contributed by atoms with Crippen molar-refractivity contribution >= 4 is 48.9 Å². The van der Waals surface area contributed by atoms with Crippen molar-refractivity contribution < 1.29 is 23.1 Å². The Morgan fingerprint density at radius 2 is 1.81 bits per heavy atom. The van der Waals surface area contributed by atoms with E-state index in [9.17, 15) is 19.1 Å². The number of anilines is 1. The molecular weight excluding hydrogens is 431 g/mol. The normalized spacial score (nSPS) is 11.6. The van der Waals surface area contributed by atoms with Gasteiger partial charge in [-0.2, -0.15) is 0 Å². The number of nitrogens with two attached hydrogens (primary N) is 1. The highest BCUT2D eigenvalue weighted by Gasteiger charge is 2.29. The molecule has 0 saturated carbocycles. The van der Waals surface area contributed by atoms with Crippen LogP contribution in [0, 0.1) is 17.5 Å². The number of fused-ring (bicyclic) bond motifs is 5. The molecule has 6 nitrogen and oxygen atoms in total. The minimum absolute atomic E-state index is 0.115. The van der Waals surface area contributed by atoms with Gasteiger partial charge < -0.3 is 10.8 Å². The molecule has 3 N–H and O–H groups in total. The maximum absolute atomic E-state index is 15.8. The molecule has 0 bridgehead atoms. The number of benzene rings is 2. The van der Waals surface area contributed by atoms with E-state index in [2.05, 4.69) is 4.98 Å². The number of carboxylic acid groups (broad SMARTS) is 1. The number of thiazole rings is 1. The van der Waals surface area contributed by atoms with Crippen LogP contribution in [0.15, 0.2) is 47.5 Å². The number of hydrogen-bond donors (Lipinski definition) is 2. The Hall–Kier alpha value is -3.92. The van der Waals surface area contributed by atoms with Gasteiger partial charge in [-0.05, 0) is 35.9 Å². The van der Waals surface area contributed by atoms with Crippen molar-refractivity contribution in [2.24, 2.45) is 0 Å². The number of carboxylic acids is 1. The second kappa shape index (κ2) is 6.54. The molecule has 0 amide bonds. The first-order chi connectivity index (χ1) is 14.8. The van der Waals surface area contributed by atoms with E-state index in [0.717, 1.165) is 23.5 Å². The molecule has 0 aliphatic heterocycles. The lowest BCUT2D eigenvalue weighted by Gasteiger charge is -2.14. The molecule has 10 heteroatoms. The van der Waals surface area contributed by atoms with Gasteiger partial charge in [-0.15, -0.1) is 11.3 Å². The lowest BCUT2D eigenvalue weighted by Crippen LogP contribution is -2.20. The number of carbonyl (C=O) groups is 1. The number of aromatic carboxylic acids is 1. The largest absolute Gasteiger partial charge is 0.477 e. The third-order valence-electron chi connectivity index (χ3n) is 5.04. The molecule has 0 spiro atoms. The van der Waals surface area contributed by atoms with Crippen LogP contribution in [0.2, 0.25) is 0 Å². The minimum atomic E-state index is -1.59. The molecule has 0 saturated heterocycles. The zero-order valence-corrected chi connectivity index (χ0v) is 16.1. The fraction of sp³-hybridized carbons (Fsp3) is 0. The molecule has 2 aromatic carbocycles. The first kappa shape index (κ1) is 19.1. The molecule has 0 aliphatic rings. The van der Waals surface area contributed by atoms with E-state index in [-0.39, 0.29) is 26.1 Å². The van der Waals surface area contributed by atoms with E-state index >= 15 is 8.78 Å². The van der Waals surface area contributed by atoms with E-state index in [1.54, 1.807) is 0 Å². The van der Waals surface area contributed by atoms with Gasteiger partial charge in [0.05, 0.1) is 32.4 Å². The number of aromatic nitrogens is 2. The van der Waals surface area contributed by atoms with Gasteiger partial charge in [-0.25, -0.2) is 18.0 Å². The van der Waals surface area contributed by atoms with Crippen LogP contribution in [0.25, 0.3) is 37.1 Å². The summed E-state index contributed by atoms with van der Waals surface area (Å²) in [6.07, 6.45) is 2.68. The van der Waals surface area contributed by atoms with Crippen molar-refractivity contribution in [3.05, 3.63) is 76.0 Å². The summed E-state index contributed by atoms with van der Waals surface area (Å²) >= 11 is 0.811. The van der Waals surface area contributed by atoms with E-state index in [1.165, 1.54) is 35.0 Å².